The van der Waals surface area contributed by atoms with Gasteiger partial charge in [-0.1, -0.05) is 17.7 Å². The van der Waals surface area contributed by atoms with Crippen LogP contribution in [0.25, 0.3) is 22.0 Å². The number of aromatic nitrogens is 3. The molecule has 0 unspecified atom stereocenters. The number of halogens is 1. The molecule has 3 heterocycles. The molecule has 2 N–H and O–H groups in total. The van der Waals surface area contributed by atoms with Crippen molar-refractivity contribution in [3.8, 4) is 22.9 Å². The molecule has 10 heteroatoms. The van der Waals surface area contributed by atoms with E-state index >= 15 is 4.39 Å². The van der Waals surface area contributed by atoms with Gasteiger partial charge in [0.2, 0.25) is 11.8 Å². The van der Waals surface area contributed by atoms with Crippen molar-refractivity contribution in [2.75, 3.05) is 18.4 Å². The van der Waals surface area contributed by atoms with Gasteiger partial charge in [0.15, 0.2) is 9.84 Å². The molecule has 212 valence electrons. The fourth-order valence-corrected chi connectivity index (χ4v) is 6.82. The summed E-state index contributed by atoms with van der Waals surface area (Å²) < 4.78 is 47.3. The molecular weight excluding hydrogens is 541 g/mol. The summed E-state index contributed by atoms with van der Waals surface area (Å²) in [5.41, 5.74) is 3.16. The second kappa shape index (κ2) is 11.5. The van der Waals surface area contributed by atoms with Crippen LogP contribution in [0.1, 0.15) is 43.2 Å². The maximum atomic E-state index is 15.1. The monoisotopic (exact) mass is 573 g/mol. The van der Waals surface area contributed by atoms with Crippen LogP contribution in [0, 0.1) is 12.7 Å². The number of allylic oxidation sites excluding steroid dienone is 1. The predicted octanol–water partition coefficient (Wildman–Crippen LogP) is 6.08. The van der Waals surface area contributed by atoms with Gasteiger partial charge in [0.25, 0.3) is 0 Å². The lowest BCUT2D eigenvalue weighted by atomic mass is 9.95. The summed E-state index contributed by atoms with van der Waals surface area (Å²) in [7, 11) is -3.63. The first-order valence-corrected chi connectivity index (χ1v) is 15.6. The van der Waals surface area contributed by atoms with Crippen molar-refractivity contribution in [3.05, 3.63) is 82.8 Å². The molecule has 2 aliphatic rings. The summed E-state index contributed by atoms with van der Waals surface area (Å²) in [4.78, 5) is 13.6. The van der Waals surface area contributed by atoms with E-state index in [1.165, 1.54) is 11.5 Å². The Morgan fingerprint density at radius 3 is 2.71 bits per heavy atom. The topological polar surface area (TPSA) is 106 Å². The number of fused-ring (bicyclic) bond motifs is 1. The molecule has 6 rings (SSSR count). The number of nitrogens with one attached hydrogen (secondary N) is 2. The highest BCUT2D eigenvalue weighted by Crippen LogP contribution is 2.39. The third kappa shape index (κ3) is 6.08. The molecule has 41 heavy (non-hydrogen) atoms. The number of hydrogen-bond donors (Lipinski definition) is 2. The fourth-order valence-electron chi connectivity index (χ4n) is 5.30. The first kappa shape index (κ1) is 27.3. The maximum Gasteiger partial charge on any atom is 0.228 e. The Bertz CT molecular complexity index is 1730. The van der Waals surface area contributed by atoms with Gasteiger partial charge in [-0.2, -0.15) is 0 Å². The highest BCUT2D eigenvalue weighted by molar-refractivity contribution is 7.93. The Hall–Kier alpha value is -3.89. The average molecular weight is 574 g/mol. The van der Waals surface area contributed by atoms with Crippen molar-refractivity contribution in [1.29, 1.82) is 0 Å². The Kier molecular flexibility index (Phi) is 7.68. The van der Waals surface area contributed by atoms with E-state index in [2.05, 4.69) is 20.6 Å². The van der Waals surface area contributed by atoms with E-state index in [-0.39, 0.29) is 11.6 Å². The summed E-state index contributed by atoms with van der Waals surface area (Å²) >= 11 is 0. The molecule has 0 amide bonds. The quantitative estimate of drug-likeness (QED) is 0.261. The zero-order valence-corrected chi connectivity index (χ0v) is 23.7. The molecule has 1 aliphatic heterocycles. The average Bonchev–Trinajstić information content (AvgIpc) is 2.95. The van der Waals surface area contributed by atoms with Crippen LogP contribution in [-0.4, -0.2) is 42.5 Å². The molecule has 1 saturated heterocycles. The minimum Gasteiger partial charge on any atom is -0.437 e. The molecule has 0 bridgehead atoms. The van der Waals surface area contributed by atoms with E-state index in [1.54, 1.807) is 30.6 Å². The Morgan fingerprint density at radius 1 is 1.07 bits per heavy atom. The van der Waals surface area contributed by atoms with Crippen LogP contribution in [0.3, 0.4) is 0 Å². The van der Waals surface area contributed by atoms with Gasteiger partial charge in [0.1, 0.15) is 11.6 Å². The third-order valence-electron chi connectivity index (χ3n) is 7.62. The van der Waals surface area contributed by atoms with Crippen LogP contribution in [0.15, 0.2) is 65.8 Å². The molecule has 0 spiro atoms. The minimum atomic E-state index is -3.63. The number of nitrogens with zero attached hydrogens (tertiary/aromatic N) is 3. The Labute approximate surface area is 239 Å². The van der Waals surface area contributed by atoms with Crippen molar-refractivity contribution in [2.45, 2.75) is 50.8 Å². The number of sulfone groups is 1. The second-order valence-corrected chi connectivity index (χ2v) is 12.5. The lowest BCUT2D eigenvalue weighted by Crippen LogP contribution is -2.38. The number of benzene rings is 2. The van der Waals surface area contributed by atoms with E-state index in [4.69, 9.17) is 9.72 Å². The zero-order chi connectivity index (χ0) is 28.4. The van der Waals surface area contributed by atoms with Gasteiger partial charge < -0.3 is 15.4 Å². The van der Waals surface area contributed by atoms with Crippen molar-refractivity contribution < 1.29 is 17.5 Å². The van der Waals surface area contributed by atoms with Crippen LogP contribution < -0.4 is 15.4 Å². The minimum absolute atomic E-state index is 0.133. The number of piperidine rings is 1. The van der Waals surface area contributed by atoms with Crippen LogP contribution in [0.4, 0.5) is 10.3 Å². The van der Waals surface area contributed by atoms with E-state index < -0.39 is 21.4 Å². The molecular formula is C31H32FN5O3S. The Balaban J connectivity index is 1.34. The first-order chi connectivity index (χ1) is 19.9. The molecule has 0 radical (unpaired) electrons. The van der Waals surface area contributed by atoms with Gasteiger partial charge in [-0.15, -0.1) is 0 Å². The van der Waals surface area contributed by atoms with Gasteiger partial charge in [0.05, 0.1) is 17.0 Å². The lowest BCUT2D eigenvalue weighted by molar-refractivity contribution is 0.466. The predicted molar refractivity (Wildman–Crippen MR) is 158 cm³/mol. The molecule has 2 fully saturated rings. The van der Waals surface area contributed by atoms with E-state index in [9.17, 15) is 8.42 Å². The highest BCUT2D eigenvalue weighted by atomic mass is 32.2. The standard InChI is InChI=1S/C31H32FN5O3S/c1-20-9-10-23-24(11-12-27(32)26(23)19-41(38,39)18-21-5-2-6-21)29(20)40-30-25(8-4-15-34-30)28-13-16-35-31(37-28)36-22-7-3-14-33-17-22/h4,8-13,15-16,18,22,33H,2-3,5-7,14,17,19H2,1H3,(H,35,36,37)/t22-/m0/s1. The molecule has 1 aliphatic carbocycles. The summed E-state index contributed by atoms with van der Waals surface area (Å²) in [6, 6.07) is 12.2. The molecule has 4 aromatic rings. The van der Waals surface area contributed by atoms with Crippen molar-refractivity contribution >= 4 is 26.6 Å². The summed E-state index contributed by atoms with van der Waals surface area (Å²) in [6.07, 6.45) is 8.03. The van der Waals surface area contributed by atoms with Crippen molar-refractivity contribution in [3.63, 3.8) is 0 Å². The number of rotatable bonds is 8. The molecule has 1 saturated carbocycles. The SMILES string of the molecule is Cc1ccc2c(CS(=O)(=O)C=C3CCC3)c(F)ccc2c1Oc1ncccc1-c1ccnc(N[C@H]2CCCNC2)n1. The number of hydrogen-bond acceptors (Lipinski definition) is 8. The number of aryl methyl sites for hydroxylation is 1. The second-order valence-electron chi connectivity index (χ2n) is 10.7. The molecule has 8 nitrogen and oxygen atoms in total. The van der Waals surface area contributed by atoms with Gasteiger partial charge >= 0.3 is 0 Å². The molecule has 2 aromatic heterocycles. The van der Waals surface area contributed by atoms with Gasteiger partial charge in [0, 0.05) is 41.3 Å². The fraction of sp³-hybridized carbons (Fsp3) is 0.323. The van der Waals surface area contributed by atoms with Gasteiger partial charge in [-0.25, -0.2) is 27.8 Å². The Morgan fingerprint density at radius 2 is 1.93 bits per heavy atom. The number of anilines is 1. The first-order valence-electron chi connectivity index (χ1n) is 13.9. The molecule has 1 atom stereocenters. The largest absolute Gasteiger partial charge is 0.437 e. The van der Waals surface area contributed by atoms with Gasteiger partial charge in [-0.3, -0.25) is 0 Å². The lowest BCUT2D eigenvalue weighted by Gasteiger charge is -2.23. The number of pyridine rings is 1. The van der Waals surface area contributed by atoms with Crippen LogP contribution in [-0.2, 0) is 15.6 Å². The maximum absolute atomic E-state index is 15.1. The summed E-state index contributed by atoms with van der Waals surface area (Å²) in [6.45, 7) is 3.77. The summed E-state index contributed by atoms with van der Waals surface area (Å²) in [5, 5.41) is 9.21. The smallest absolute Gasteiger partial charge is 0.228 e. The zero-order valence-electron chi connectivity index (χ0n) is 22.9. The van der Waals surface area contributed by atoms with E-state index in [1.807, 2.05) is 25.1 Å². The van der Waals surface area contributed by atoms with Crippen LogP contribution in [0.5, 0.6) is 11.6 Å². The van der Waals surface area contributed by atoms with Crippen molar-refractivity contribution in [1.82, 2.24) is 20.3 Å². The highest BCUT2D eigenvalue weighted by Gasteiger charge is 2.22. The van der Waals surface area contributed by atoms with Gasteiger partial charge in [-0.05, 0) is 86.9 Å². The molecule has 2 aromatic carbocycles. The number of ether oxygens (including phenoxy) is 1. The summed E-state index contributed by atoms with van der Waals surface area (Å²) in [5.74, 6) is 0.380. The van der Waals surface area contributed by atoms with Crippen LogP contribution >= 0.6 is 0 Å². The van der Waals surface area contributed by atoms with E-state index in [0.29, 0.717) is 39.6 Å². The van der Waals surface area contributed by atoms with Crippen LogP contribution in [0.2, 0.25) is 0 Å². The third-order valence-corrected chi connectivity index (χ3v) is 9.01. The van der Waals surface area contributed by atoms with E-state index in [0.717, 1.165) is 56.3 Å². The normalized spacial score (nSPS) is 17.2. The van der Waals surface area contributed by atoms with Crippen molar-refractivity contribution in [2.24, 2.45) is 0 Å².